The molecule has 0 spiro atoms. The lowest BCUT2D eigenvalue weighted by Crippen LogP contribution is -1.89. The molecule has 0 aliphatic heterocycles. The molecule has 0 aliphatic carbocycles. The molecule has 0 atom stereocenters. The Hall–Kier alpha value is -1.64. The zero-order chi connectivity index (χ0) is 14.9. The Balaban J connectivity index is 1.72. The third-order valence-electron chi connectivity index (χ3n) is 3.77. The van der Waals surface area contributed by atoms with E-state index >= 15 is 0 Å². The number of nitrogens with zero attached hydrogens (tertiary/aromatic N) is 2. The van der Waals surface area contributed by atoms with E-state index in [0.29, 0.717) is 5.89 Å². The Kier molecular flexibility index (Phi) is 6.45. The molecule has 3 nitrogen and oxygen atoms in total. The van der Waals surface area contributed by atoms with Gasteiger partial charge >= 0.3 is 0 Å². The molecule has 2 aromatic rings. The van der Waals surface area contributed by atoms with E-state index in [2.05, 4.69) is 36.1 Å². The molecule has 2 rings (SSSR count). The van der Waals surface area contributed by atoms with E-state index in [1.54, 1.807) is 0 Å². The minimum atomic E-state index is 0.632. The summed E-state index contributed by atoms with van der Waals surface area (Å²) in [5, 5.41) is 4.08. The van der Waals surface area contributed by atoms with Crippen molar-refractivity contribution in [2.24, 2.45) is 0 Å². The highest BCUT2D eigenvalue weighted by Crippen LogP contribution is 2.18. The number of hydrogen-bond donors (Lipinski definition) is 0. The number of benzene rings is 1. The summed E-state index contributed by atoms with van der Waals surface area (Å²) >= 11 is 0. The maximum absolute atomic E-state index is 5.34. The van der Waals surface area contributed by atoms with Crippen molar-refractivity contribution in [1.29, 1.82) is 0 Å². The highest BCUT2D eigenvalue weighted by molar-refractivity contribution is 5.53. The van der Waals surface area contributed by atoms with Crippen molar-refractivity contribution in [1.82, 2.24) is 10.1 Å². The van der Waals surface area contributed by atoms with Gasteiger partial charge in [0.2, 0.25) is 0 Å². The van der Waals surface area contributed by atoms with Gasteiger partial charge in [0.25, 0.3) is 5.89 Å². The van der Waals surface area contributed by atoms with E-state index in [1.807, 2.05) is 12.1 Å². The molecule has 0 N–H and O–H groups in total. The van der Waals surface area contributed by atoms with Gasteiger partial charge in [0, 0.05) is 12.0 Å². The van der Waals surface area contributed by atoms with Crippen LogP contribution in [0.4, 0.5) is 0 Å². The first kappa shape index (κ1) is 15.7. The molecule has 1 aromatic carbocycles. The molecule has 0 saturated carbocycles. The third kappa shape index (κ3) is 5.33. The number of aromatic nitrogens is 2. The van der Waals surface area contributed by atoms with Crippen molar-refractivity contribution in [3.05, 3.63) is 35.7 Å². The molecule has 114 valence electrons. The summed E-state index contributed by atoms with van der Waals surface area (Å²) in [6.45, 7) is 4.32. The largest absolute Gasteiger partial charge is 0.334 e. The maximum Gasteiger partial charge on any atom is 0.257 e. The Morgan fingerprint density at radius 2 is 1.57 bits per heavy atom. The molecule has 0 bridgehead atoms. The second-order valence-corrected chi connectivity index (χ2v) is 5.75. The minimum absolute atomic E-state index is 0.632. The van der Waals surface area contributed by atoms with Crippen LogP contribution in [0.25, 0.3) is 11.5 Å². The van der Waals surface area contributed by atoms with Crippen molar-refractivity contribution in [3.8, 4) is 11.5 Å². The van der Waals surface area contributed by atoms with Gasteiger partial charge in [0.05, 0.1) is 0 Å². The number of aryl methyl sites for hydroxylation is 2. The molecule has 3 heteroatoms. The van der Waals surface area contributed by atoms with Crippen LogP contribution in [0.2, 0.25) is 0 Å². The van der Waals surface area contributed by atoms with Gasteiger partial charge < -0.3 is 4.52 Å². The molecule has 0 radical (unpaired) electrons. The topological polar surface area (TPSA) is 38.9 Å². The molecule has 0 fully saturated rings. The Bertz CT molecular complexity index is 516. The van der Waals surface area contributed by atoms with Crippen molar-refractivity contribution < 1.29 is 4.52 Å². The monoisotopic (exact) mass is 286 g/mol. The number of rotatable bonds is 9. The second-order valence-electron chi connectivity index (χ2n) is 5.75. The van der Waals surface area contributed by atoms with E-state index in [-0.39, 0.29) is 0 Å². The van der Waals surface area contributed by atoms with Crippen LogP contribution in [-0.4, -0.2) is 10.1 Å². The van der Waals surface area contributed by atoms with Crippen LogP contribution >= 0.6 is 0 Å². The lowest BCUT2D eigenvalue weighted by atomic mass is 10.1. The van der Waals surface area contributed by atoms with Gasteiger partial charge in [-0.1, -0.05) is 68.3 Å². The molecule has 0 unspecified atom stereocenters. The van der Waals surface area contributed by atoms with Crippen molar-refractivity contribution in [2.75, 3.05) is 0 Å². The van der Waals surface area contributed by atoms with Crippen LogP contribution in [0.3, 0.4) is 0 Å². The summed E-state index contributed by atoms with van der Waals surface area (Å²) in [6.07, 6.45) is 10.1. The van der Waals surface area contributed by atoms with Gasteiger partial charge in [-0.2, -0.15) is 4.98 Å². The lowest BCUT2D eigenvalue weighted by molar-refractivity contribution is 0.421. The summed E-state index contributed by atoms with van der Waals surface area (Å²) in [4.78, 5) is 4.48. The van der Waals surface area contributed by atoms with E-state index in [4.69, 9.17) is 4.52 Å². The first-order valence-electron chi connectivity index (χ1n) is 8.19. The average Bonchev–Trinajstić information content (AvgIpc) is 2.96. The zero-order valence-electron chi connectivity index (χ0n) is 13.3. The van der Waals surface area contributed by atoms with Gasteiger partial charge in [-0.05, 0) is 25.5 Å². The fourth-order valence-corrected chi connectivity index (χ4v) is 2.41. The molecule has 0 amide bonds. The van der Waals surface area contributed by atoms with Gasteiger partial charge in [0.1, 0.15) is 0 Å². The third-order valence-corrected chi connectivity index (χ3v) is 3.77. The summed E-state index contributed by atoms with van der Waals surface area (Å²) in [5.41, 5.74) is 2.24. The Morgan fingerprint density at radius 3 is 2.29 bits per heavy atom. The van der Waals surface area contributed by atoms with Crippen LogP contribution in [0.5, 0.6) is 0 Å². The predicted octanol–water partition coefficient (Wildman–Crippen LogP) is 5.34. The Labute approximate surface area is 127 Å². The molecular formula is C18H26N2O. The molecule has 0 saturated heterocycles. The highest BCUT2D eigenvalue weighted by atomic mass is 16.5. The second kappa shape index (κ2) is 8.60. The average molecular weight is 286 g/mol. The fraction of sp³-hybridized carbons (Fsp3) is 0.556. The molecular weight excluding hydrogens is 260 g/mol. The van der Waals surface area contributed by atoms with Gasteiger partial charge in [0.15, 0.2) is 5.82 Å². The molecule has 21 heavy (non-hydrogen) atoms. The number of hydrogen-bond acceptors (Lipinski definition) is 3. The lowest BCUT2D eigenvalue weighted by Gasteiger charge is -1.98. The first-order chi connectivity index (χ1) is 10.3. The normalized spacial score (nSPS) is 11.0. The van der Waals surface area contributed by atoms with Crippen molar-refractivity contribution in [2.45, 2.75) is 65.2 Å². The van der Waals surface area contributed by atoms with Gasteiger partial charge in [-0.25, -0.2) is 0 Å². The quantitative estimate of drug-likeness (QED) is 0.584. The summed E-state index contributed by atoms with van der Waals surface area (Å²) in [7, 11) is 0. The minimum Gasteiger partial charge on any atom is -0.334 e. The maximum atomic E-state index is 5.34. The molecule has 1 heterocycles. The van der Waals surface area contributed by atoms with E-state index in [1.165, 1.54) is 44.1 Å². The SMILES string of the molecule is CCCCCCCCCc1noc(-c2ccc(C)cc2)n1. The van der Waals surface area contributed by atoms with E-state index in [0.717, 1.165) is 24.2 Å². The van der Waals surface area contributed by atoms with Crippen LogP contribution in [0.15, 0.2) is 28.8 Å². The molecule has 1 aromatic heterocycles. The standard InChI is InChI=1S/C18H26N2O/c1-3-4-5-6-7-8-9-10-17-19-18(21-20-17)16-13-11-15(2)12-14-16/h11-14H,3-10H2,1-2H3. The van der Waals surface area contributed by atoms with E-state index < -0.39 is 0 Å². The summed E-state index contributed by atoms with van der Waals surface area (Å²) in [5.74, 6) is 1.46. The van der Waals surface area contributed by atoms with Crippen LogP contribution in [-0.2, 0) is 6.42 Å². The van der Waals surface area contributed by atoms with Gasteiger partial charge in [-0.3, -0.25) is 0 Å². The zero-order valence-corrected chi connectivity index (χ0v) is 13.3. The molecule has 0 aliphatic rings. The highest BCUT2D eigenvalue weighted by Gasteiger charge is 2.08. The summed E-state index contributed by atoms with van der Waals surface area (Å²) < 4.78 is 5.34. The van der Waals surface area contributed by atoms with Crippen molar-refractivity contribution >= 4 is 0 Å². The van der Waals surface area contributed by atoms with Crippen LogP contribution in [0.1, 0.15) is 63.3 Å². The van der Waals surface area contributed by atoms with Crippen molar-refractivity contribution in [3.63, 3.8) is 0 Å². The Morgan fingerprint density at radius 1 is 0.905 bits per heavy atom. The number of unbranched alkanes of at least 4 members (excludes halogenated alkanes) is 6. The van der Waals surface area contributed by atoms with E-state index in [9.17, 15) is 0 Å². The van der Waals surface area contributed by atoms with Gasteiger partial charge in [-0.15, -0.1) is 0 Å². The van der Waals surface area contributed by atoms with Crippen LogP contribution in [0, 0.1) is 6.92 Å². The smallest absolute Gasteiger partial charge is 0.257 e. The van der Waals surface area contributed by atoms with Crippen LogP contribution < -0.4 is 0 Å². The summed E-state index contributed by atoms with van der Waals surface area (Å²) in [6, 6.07) is 8.19. The first-order valence-corrected chi connectivity index (χ1v) is 8.19. The predicted molar refractivity (Wildman–Crippen MR) is 86.2 cm³/mol. The fourth-order valence-electron chi connectivity index (χ4n) is 2.41.